The molecule has 0 spiro atoms. The molecule has 0 radical (unpaired) electrons. The predicted molar refractivity (Wildman–Crippen MR) is 69.5 cm³/mol. The highest BCUT2D eigenvalue weighted by molar-refractivity contribution is 5.28. The molecule has 0 aliphatic carbocycles. The molecule has 6 heteroatoms. The van der Waals surface area contributed by atoms with Gasteiger partial charge in [-0.1, -0.05) is 19.1 Å². The first-order valence-corrected chi connectivity index (χ1v) is 6.32. The standard InChI is InChI=1S/C14H16F2N2O2/c1-2-12(19)10-3-5-11(6-4-10)20-9-13-17-7-8-18(13)14(15)16/h3-8,12,14,19H,2,9H2,1H3/t12-/m1/s1. The normalized spacial score (nSPS) is 12.7. The topological polar surface area (TPSA) is 47.3 Å². The number of alkyl halides is 2. The number of nitrogens with zero attached hydrogens (tertiary/aromatic N) is 2. The Morgan fingerprint density at radius 3 is 2.60 bits per heavy atom. The Balaban J connectivity index is 1.99. The monoisotopic (exact) mass is 282 g/mol. The van der Waals surface area contributed by atoms with Crippen LogP contribution in [0.4, 0.5) is 8.78 Å². The number of aromatic nitrogens is 2. The van der Waals surface area contributed by atoms with E-state index in [2.05, 4.69) is 4.98 Å². The summed E-state index contributed by atoms with van der Waals surface area (Å²) in [5, 5.41) is 9.66. The van der Waals surface area contributed by atoms with Crippen LogP contribution in [0.15, 0.2) is 36.7 Å². The van der Waals surface area contributed by atoms with E-state index in [-0.39, 0.29) is 12.4 Å². The minimum atomic E-state index is -2.63. The van der Waals surface area contributed by atoms with Crippen molar-refractivity contribution in [2.75, 3.05) is 0 Å². The molecule has 2 rings (SSSR count). The van der Waals surface area contributed by atoms with E-state index in [1.807, 2.05) is 6.92 Å². The molecule has 1 aromatic carbocycles. The van der Waals surface area contributed by atoms with Crippen LogP contribution in [0, 0.1) is 0 Å². The average molecular weight is 282 g/mol. The van der Waals surface area contributed by atoms with E-state index >= 15 is 0 Å². The molecule has 108 valence electrons. The highest BCUT2D eigenvalue weighted by atomic mass is 19.3. The summed E-state index contributed by atoms with van der Waals surface area (Å²) in [5.74, 6) is 0.707. The Morgan fingerprint density at radius 1 is 1.30 bits per heavy atom. The second kappa shape index (κ2) is 6.47. The van der Waals surface area contributed by atoms with E-state index in [0.717, 1.165) is 10.1 Å². The zero-order valence-corrected chi connectivity index (χ0v) is 11.0. The Labute approximate surface area is 115 Å². The molecule has 1 atom stereocenters. The van der Waals surface area contributed by atoms with Gasteiger partial charge >= 0.3 is 6.55 Å². The maximum Gasteiger partial charge on any atom is 0.320 e. The number of hydrogen-bond donors (Lipinski definition) is 1. The largest absolute Gasteiger partial charge is 0.486 e. The highest BCUT2D eigenvalue weighted by Gasteiger charge is 2.11. The van der Waals surface area contributed by atoms with Crippen molar-refractivity contribution in [1.82, 2.24) is 9.55 Å². The average Bonchev–Trinajstić information content (AvgIpc) is 2.93. The van der Waals surface area contributed by atoms with Crippen molar-refractivity contribution >= 4 is 0 Å². The van der Waals surface area contributed by atoms with Crippen molar-refractivity contribution in [3.63, 3.8) is 0 Å². The second-order valence-electron chi connectivity index (χ2n) is 4.31. The first kappa shape index (κ1) is 14.5. The van der Waals surface area contributed by atoms with Crippen molar-refractivity contribution in [2.24, 2.45) is 0 Å². The molecule has 2 aromatic rings. The lowest BCUT2D eigenvalue weighted by Crippen LogP contribution is -2.07. The van der Waals surface area contributed by atoms with E-state index in [9.17, 15) is 13.9 Å². The van der Waals surface area contributed by atoms with Crippen LogP contribution in [0.25, 0.3) is 0 Å². The molecule has 0 saturated heterocycles. The second-order valence-corrected chi connectivity index (χ2v) is 4.31. The molecule has 1 heterocycles. The lowest BCUT2D eigenvalue weighted by molar-refractivity contribution is 0.0632. The van der Waals surface area contributed by atoms with Crippen LogP contribution in [0.5, 0.6) is 5.75 Å². The summed E-state index contributed by atoms with van der Waals surface area (Å²) in [4.78, 5) is 3.83. The zero-order valence-electron chi connectivity index (χ0n) is 11.0. The van der Waals surface area contributed by atoms with Crippen molar-refractivity contribution in [2.45, 2.75) is 32.6 Å². The van der Waals surface area contributed by atoms with Crippen LogP contribution in [0.3, 0.4) is 0 Å². The lowest BCUT2D eigenvalue weighted by atomic mass is 10.1. The maximum atomic E-state index is 12.6. The number of imidazole rings is 1. The van der Waals surface area contributed by atoms with Crippen LogP contribution < -0.4 is 4.74 Å². The van der Waals surface area contributed by atoms with Crippen LogP contribution in [0.2, 0.25) is 0 Å². The minimum Gasteiger partial charge on any atom is -0.486 e. The third kappa shape index (κ3) is 3.33. The van der Waals surface area contributed by atoms with E-state index < -0.39 is 12.7 Å². The summed E-state index contributed by atoms with van der Waals surface area (Å²) in [6.07, 6.45) is 2.66. The van der Waals surface area contributed by atoms with Gasteiger partial charge in [0.15, 0.2) is 5.82 Å². The molecule has 4 nitrogen and oxygen atoms in total. The minimum absolute atomic E-state index is 0.0347. The Hall–Kier alpha value is -1.95. The number of ether oxygens (including phenoxy) is 1. The quantitative estimate of drug-likeness (QED) is 0.884. The summed E-state index contributed by atoms with van der Waals surface area (Å²) < 4.78 is 31.4. The van der Waals surface area contributed by atoms with Crippen LogP contribution in [-0.4, -0.2) is 14.7 Å². The molecule has 0 amide bonds. The Kier molecular flexibility index (Phi) is 4.68. The molecule has 0 unspecified atom stereocenters. The Morgan fingerprint density at radius 2 is 2.00 bits per heavy atom. The fraction of sp³-hybridized carbons (Fsp3) is 0.357. The van der Waals surface area contributed by atoms with E-state index in [1.54, 1.807) is 24.3 Å². The van der Waals surface area contributed by atoms with Crippen LogP contribution in [0.1, 0.15) is 37.4 Å². The number of rotatable bonds is 6. The van der Waals surface area contributed by atoms with Crippen LogP contribution in [-0.2, 0) is 6.61 Å². The first-order chi connectivity index (χ1) is 9.61. The smallest absolute Gasteiger partial charge is 0.320 e. The number of benzene rings is 1. The number of aliphatic hydroxyl groups is 1. The van der Waals surface area contributed by atoms with Crippen molar-refractivity contribution in [3.8, 4) is 5.75 Å². The summed E-state index contributed by atoms with van der Waals surface area (Å²) in [7, 11) is 0. The molecule has 0 aliphatic heterocycles. The van der Waals surface area contributed by atoms with Gasteiger partial charge in [-0.15, -0.1) is 0 Å². The molecule has 0 saturated carbocycles. The fourth-order valence-corrected chi connectivity index (χ4v) is 1.80. The van der Waals surface area contributed by atoms with Crippen molar-refractivity contribution < 1.29 is 18.6 Å². The predicted octanol–water partition coefficient (Wildman–Crippen LogP) is 3.30. The van der Waals surface area contributed by atoms with Gasteiger partial charge in [-0.05, 0) is 24.1 Å². The molecule has 0 aliphatic rings. The summed E-state index contributed by atoms with van der Waals surface area (Å²) >= 11 is 0. The van der Waals surface area contributed by atoms with E-state index in [4.69, 9.17) is 4.74 Å². The number of aliphatic hydroxyl groups excluding tert-OH is 1. The fourth-order valence-electron chi connectivity index (χ4n) is 1.80. The van der Waals surface area contributed by atoms with Gasteiger partial charge in [0.05, 0.1) is 6.10 Å². The van der Waals surface area contributed by atoms with E-state index in [1.165, 1.54) is 12.4 Å². The summed E-state index contributed by atoms with van der Waals surface area (Å²) in [6, 6.07) is 6.90. The maximum absolute atomic E-state index is 12.6. The highest BCUT2D eigenvalue weighted by Crippen LogP contribution is 2.21. The van der Waals surface area contributed by atoms with Crippen molar-refractivity contribution in [3.05, 3.63) is 48.0 Å². The number of hydrogen-bond acceptors (Lipinski definition) is 3. The summed E-state index contributed by atoms with van der Waals surface area (Å²) in [5.41, 5.74) is 0.800. The molecule has 20 heavy (non-hydrogen) atoms. The molecular weight excluding hydrogens is 266 g/mol. The third-order valence-corrected chi connectivity index (χ3v) is 2.98. The van der Waals surface area contributed by atoms with Gasteiger partial charge in [0.2, 0.25) is 0 Å². The van der Waals surface area contributed by atoms with Gasteiger partial charge in [0.25, 0.3) is 0 Å². The van der Waals surface area contributed by atoms with Gasteiger partial charge < -0.3 is 9.84 Å². The molecule has 1 aromatic heterocycles. The van der Waals surface area contributed by atoms with Crippen molar-refractivity contribution in [1.29, 1.82) is 0 Å². The van der Waals surface area contributed by atoms with Gasteiger partial charge in [-0.2, -0.15) is 8.78 Å². The first-order valence-electron chi connectivity index (χ1n) is 6.32. The zero-order chi connectivity index (χ0) is 14.5. The summed E-state index contributed by atoms with van der Waals surface area (Å²) in [6.45, 7) is -0.773. The van der Waals surface area contributed by atoms with Gasteiger partial charge in [-0.25, -0.2) is 4.98 Å². The third-order valence-electron chi connectivity index (χ3n) is 2.98. The Bertz CT molecular complexity index is 540. The number of halogens is 2. The van der Waals surface area contributed by atoms with Gasteiger partial charge in [0, 0.05) is 12.4 Å². The molecule has 0 bridgehead atoms. The van der Waals surface area contributed by atoms with E-state index in [0.29, 0.717) is 12.2 Å². The SMILES string of the molecule is CC[C@@H](O)c1ccc(OCc2nccn2C(F)F)cc1. The van der Waals surface area contributed by atoms with Crippen LogP contribution >= 0.6 is 0 Å². The molecular formula is C14H16F2N2O2. The molecule has 0 fully saturated rings. The lowest BCUT2D eigenvalue weighted by Gasteiger charge is -2.11. The van der Waals surface area contributed by atoms with Gasteiger partial charge in [0.1, 0.15) is 12.4 Å². The van der Waals surface area contributed by atoms with Gasteiger partial charge in [-0.3, -0.25) is 4.57 Å². The molecule has 1 N–H and O–H groups in total.